The van der Waals surface area contributed by atoms with Crippen LogP contribution in [0.5, 0.6) is 5.75 Å². The van der Waals surface area contributed by atoms with Gasteiger partial charge in [-0.25, -0.2) is 9.37 Å². The molecule has 0 saturated carbocycles. The highest BCUT2D eigenvalue weighted by Crippen LogP contribution is 2.38. The molecule has 1 aromatic carbocycles. The van der Waals surface area contributed by atoms with Crippen LogP contribution in [0.4, 0.5) is 4.39 Å². The van der Waals surface area contributed by atoms with E-state index in [1.165, 1.54) is 10.9 Å². The van der Waals surface area contributed by atoms with E-state index in [0.29, 0.717) is 11.6 Å². The minimum absolute atomic E-state index is 0.0589. The number of hydrogen-bond donors (Lipinski definition) is 2. The van der Waals surface area contributed by atoms with Crippen molar-refractivity contribution in [2.24, 2.45) is 0 Å². The van der Waals surface area contributed by atoms with Gasteiger partial charge in [-0.2, -0.15) is 0 Å². The van der Waals surface area contributed by atoms with Gasteiger partial charge in [0.1, 0.15) is 16.6 Å². The van der Waals surface area contributed by atoms with Crippen LogP contribution in [0.3, 0.4) is 0 Å². The summed E-state index contributed by atoms with van der Waals surface area (Å²) in [6.07, 6.45) is 3.23. The normalized spacial score (nSPS) is 18.0. The highest BCUT2D eigenvalue weighted by Gasteiger charge is 2.24. The fourth-order valence-electron chi connectivity index (χ4n) is 2.68. The second-order valence-corrected chi connectivity index (χ2v) is 6.06. The van der Waals surface area contributed by atoms with Crippen molar-refractivity contribution in [3.63, 3.8) is 0 Å². The minimum atomic E-state index is -0.434. The summed E-state index contributed by atoms with van der Waals surface area (Å²) in [6, 6.07) is 4.46. The molecule has 20 heavy (non-hydrogen) atoms. The van der Waals surface area contributed by atoms with Crippen LogP contribution in [0.25, 0.3) is 10.6 Å². The largest absolute Gasteiger partial charge is 0.508 e. The van der Waals surface area contributed by atoms with Crippen LogP contribution < -0.4 is 5.32 Å². The zero-order chi connectivity index (χ0) is 14.1. The number of nitrogens with one attached hydrogen (secondary N) is 1. The second-order valence-electron chi connectivity index (χ2n) is 5.03. The molecule has 1 aliphatic rings. The number of aryl methyl sites for hydroxylation is 1. The predicted octanol–water partition coefficient (Wildman–Crippen LogP) is 3.64. The molecule has 1 heterocycles. The monoisotopic (exact) mass is 292 g/mol. The molecular weight excluding hydrogens is 275 g/mol. The Morgan fingerprint density at radius 2 is 2.30 bits per heavy atom. The molecule has 0 bridgehead atoms. The number of halogens is 1. The van der Waals surface area contributed by atoms with E-state index >= 15 is 0 Å². The zero-order valence-corrected chi connectivity index (χ0v) is 12.1. The number of hydrogen-bond acceptors (Lipinski definition) is 4. The number of rotatable bonds is 3. The molecule has 3 rings (SSSR count). The molecule has 0 aliphatic heterocycles. The Labute approximate surface area is 121 Å². The molecule has 0 radical (unpaired) electrons. The van der Waals surface area contributed by atoms with Gasteiger partial charge in [0.05, 0.1) is 5.69 Å². The van der Waals surface area contributed by atoms with Gasteiger partial charge in [-0.15, -0.1) is 11.3 Å². The summed E-state index contributed by atoms with van der Waals surface area (Å²) in [7, 11) is 0. The lowest BCUT2D eigenvalue weighted by molar-refractivity contribution is 0.469. The Hall–Kier alpha value is -1.46. The Morgan fingerprint density at radius 1 is 1.45 bits per heavy atom. The van der Waals surface area contributed by atoms with E-state index in [0.717, 1.165) is 42.6 Å². The third-order valence-electron chi connectivity index (χ3n) is 3.53. The van der Waals surface area contributed by atoms with Crippen molar-refractivity contribution in [2.45, 2.75) is 32.2 Å². The maximum absolute atomic E-state index is 13.4. The summed E-state index contributed by atoms with van der Waals surface area (Å²) in [4.78, 5) is 5.90. The number of phenolic OH excluding ortho intramolecular Hbond substituents is 1. The van der Waals surface area contributed by atoms with Gasteiger partial charge >= 0.3 is 0 Å². The minimum Gasteiger partial charge on any atom is -0.508 e. The number of thiazole rings is 1. The lowest BCUT2D eigenvalue weighted by Gasteiger charge is -2.21. The van der Waals surface area contributed by atoms with Gasteiger partial charge in [-0.1, -0.05) is 6.92 Å². The Bertz CT molecular complexity index is 606. The van der Waals surface area contributed by atoms with Gasteiger partial charge in [-0.05, 0) is 37.9 Å². The van der Waals surface area contributed by atoms with Crippen LogP contribution in [-0.4, -0.2) is 16.6 Å². The van der Waals surface area contributed by atoms with Gasteiger partial charge in [0.2, 0.25) is 0 Å². The zero-order valence-electron chi connectivity index (χ0n) is 11.3. The molecule has 1 aromatic heterocycles. The van der Waals surface area contributed by atoms with Gasteiger partial charge in [0.15, 0.2) is 0 Å². The quantitative estimate of drug-likeness (QED) is 0.908. The molecule has 106 valence electrons. The molecule has 3 nitrogen and oxygen atoms in total. The van der Waals surface area contributed by atoms with Crippen molar-refractivity contribution in [1.82, 2.24) is 10.3 Å². The number of aromatic hydroxyl groups is 1. The molecule has 1 aliphatic carbocycles. The van der Waals surface area contributed by atoms with Gasteiger partial charge in [-0.3, -0.25) is 0 Å². The molecule has 2 aromatic rings. The molecular formula is C15H17FN2OS. The van der Waals surface area contributed by atoms with E-state index in [1.807, 2.05) is 0 Å². The predicted molar refractivity (Wildman–Crippen MR) is 78.5 cm³/mol. The van der Waals surface area contributed by atoms with Crippen molar-refractivity contribution in [3.8, 4) is 16.3 Å². The first-order valence-electron chi connectivity index (χ1n) is 6.90. The third kappa shape index (κ3) is 2.55. The summed E-state index contributed by atoms with van der Waals surface area (Å²) < 4.78 is 13.4. The second kappa shape index (κ2) is 5.50. The van der Waals surface area contributed by atoms with Crippen LogP contribution >= 0.6 is 11.3 Å². The first-order valence-corrected chi connectivity index (χ1v) is 7.72. The van der Waals surface area contributed by atoms with E-state index in [9.17, 15) is 9.50 Å². The average molecular weight is 292 g/mol. The fraction of sp³-hybridized carbons (Fsp3) is 0.400. The molecule has 1 unspecified atom stereocenters. The highest BCUT2D eigenvalue weighted by atomic mass is 32.1. The number of fused-ring (bicyclic) bond motifs is 1. The third-order valence-corrected chi connectivity index (χ3v) is 4.79. The summed E-state index contributed by atoms with van der Waals surface area (Å²) in [6.45, 7) is 3.03. The van der Waals surface area contributed by atoms with E-state index in [1.54, 1.807) is 17.4 Å². The standard InChI is InChI=1S/C15H17FN2OS/c1-2-17-12-4-3-5-13-14(12)20-15(18-13)9-6-10(16)8-11(19)7-9/h6-8,12,17,19H,2-5H2,1H3. The first kappa shape index (κ1) is 13.5. The topological polar surface area (TPSA) is 45.2 Å². The summed E-state index contributed by atoms with van der Waals surface area (Å²) in [5, 5.41) is 13.8. The van der Waals surface area contributed by atoms with Crippen molar-refractivity contribution >= 4 is 11.3 Å². The molecule has 0 fully saturated rings. The fourth-order valence-corrected chi connectivity index (χ4v) is 3.89. The first-order chi connectivity index (χ1) is 9.67. The van der Waals surface area contributed by atoms with Crippen LogP contribution in [0.15, 0.2) is 18.2 Å². The van der Waals surface area contributed by atoms with Gasteiger partial charge in [0, 0.05) is 22.5 Å². The molecule has 0 saturated heterocycles. The van der Waals surface area contributed by atoms with Crippen molar-refractivity contribution in [1.29, 1.82) is 0 Å². The van der Waals surface area contributed by atoms with Crippen molar-refractivity contribution in [2.75, 3.05) is 6.54 Å². The van der Waals surface area contributed by atoms with E-state index in [4.69, 9.17) is 0 Å². The van der Waals surface area contributed by atoms with E-state index in [-0.39, 0.29) is 5.75 Å². The smallest absolute Gasteiger partial charge is 0.127 e. The molecule has 5 heteroatoms. The molecule has 0 amide bonds. The highest BCUT2D eigenvalue weighted by molar-refractivity contribution is 7.15. The Balaban J connectivity index is 2.00. The Morgan fingerprint density at radius 3 is 3.05 bits per heavy atom. The van der Waals surface area contributed by atoms with Crippen molar-refractivity contribution in [3.05, 3.63) is 34.6 Å². The SMILES string of the molecule is CCNC1CCCc2nc(-c3cc(O)cc(F)c3)sc21. The summed E-state index contributed by atoms with van der Waals surface area (Å²) in [5.41, 5.74) is 1.77. The lowest BCUT2D eigenvalue weighted by atomic mass is 9.98. The van der Waals surface area contributed by atoms with Crippen molar-refractivity contribution < 1.29 is 9.50 Å². The number of nitrogens with zero attached hydrogens (tertiary/aromatic N) is 1. The van der Waals surface area contributed by atoms with Crippen LogP contribution in [0.2, 0.25) is 0 Å². The number of benzene rings is 1. The molecule has 1 atom stereocenters. The molecule has 2 N–H and O–H groups in total. The average Bonchev–Trinajstić information content (AvgIpc) is 2.83. The number of phenols is 1. The van der Waals surface area contributed by atoms with Crippen LogP contribution in [-0.2, 0) is 6.42 Å². The maximum Gasteiger partial charge on any atom is 0.127 e. The maximum atomic E-state index is 13.4. The summed E-state index contributed by atoms with van der Waals surface area (Å²) in [5.74, 6) is -0.493. The number of aromatic nitrogens is 1. The van der Waals surface area contributed by atoms with Crippen LogP contribution in [0, 0.1) is 5.82 Å². The lowest BCUT2D eigenvalue weighted by Crippen LogP contribution is -2.23. The van der Waals surface area contributed by atoms with Crippen LogP contribution in [0.1, 0.15) is 36.4 Å². The van der Waals surface area contributed by atoms with Gasteiger partial charge in [0.25, 0.3) is 0 Å². The van der Waals surface area contributed by atoms with Gasteiger partial charge < -0.3 is 10.4 Å². The van der Waals surface area contributed by atoms with E-state index < -0.39 is 5.82 Å². The Kier molecular flexibility index (Phi) is 3.72. The summed E-state index contributed by atoms with van der Waals surface area (Å²) >= 11 is 1.60. The molecule has 0 spiro atoms. The van der Waals surface area contributed by atoms with E-state index in [2.05, 4.69) is 17.2 Å².